The fraction of sp³-hybridized carbons (Fsp3) is 0.133. The van der Waals surface area contributed by atoms with Gasteiger partial charge < -0.3 is 5.11 Å². The lowest BCUT2D eigenvalue weighted by molar-refractivity contribution is 0.0688. The molecule has 4 aromatic rings. The van der Waals surface area contributed by atoms with Gasteiger partial charge in [-0.05, 0) is 28.8 Å². The highest BCUT2D eigenvalue weighted by molar-refractivity contribution is 5.36. The zero-order valence-electron chi connectivity index (χ0n) is 18.0. The van der Waals surface area contributed by atoms with Crippen molar-refractivity contribution in [2.24, 2.45) is 0 Å². The van der Waals surface area contributed by atoms with E-state index in [4.69, 9.17) is 0 Å². The second-order valence-corrected chi connectivity index (χ2v) is 7.81. The molecule has 0 aliphatic carbocycles. The minimum absolute atomic E-state index is 0.377. The van der Waals surface area contributed by atoms with Crippen molar-refractivity contribution in [3.8, 4) is 11.8 Å². The Labute approximate surface area is 190 Å². The van der Waals surface area contributed by atoms with Gasteiger partial charge in [-0.15, -0.1) is 0 Å². The molecule has 0 aromatic heterocycles. The van der Waals surface area contributed by atoms with Crippen LogP contribution in [0.15, 0.2) is 121 Å². The van der Waals surface area contributed by atoms with E-state index in [2.05, 4.69) is 41.0 Å². The van der Waals surface area contributed by atoms with Gasteiger partial charge in [-0.3, -0.25) is 4.90 Å². The van der Waals surface area contributed by atoms with Crippen LogP contribution in [0.25, 0.3) is 0 Å². The summed E-state index contributed by atoms with van der Waals surface area (Å²) in [5, 5.41) is 11.4. The van der Waals surface area contributed by atoms with Gasteiger partial charge in [-0.25, -0.2) is 0 Å². The Morgan fingerprint density at radius 3 is 1.53 bits per heavy atom. The quantitative estimate of drug-likeness (QED) is 0.382. The molecule has 32 heavy (non-hydrogen) atoms. The Hall–Kier alpha value is -3.64. The molecule has 2 heteroatoms. The van der Waals surface area contributed by atoms with Gasteiger partial charge in [0.25, 0.3) is 0 Å². The van der Waals surface area contributed by atoms with E-state index in [0.717, 1.165) is 11.1 Å². The van der Waals surface area contributed by atoms with Crippen LogP contribution in [0.4, 0.5) is 0 Å². The van der Waals surface area contributed by atoms with Gasteiger partial charge in [0.15, 0.2) is 0 Å². The van der Waals surface area contributed by atoms with Gasteiger partial charge in [-0.1, -0.05) is 121 Å². The summed E-state index contributed by atoms with van der Waals surface area (Å²) >= 11 is 0. The molecule has 0 aliphatic heterocycles. The van der Waals surface area contributed by atoms with Gasteiger partial charge in [0.05, 0.1) is 0 Å². The van der Waals surface area contributed by atoms with Gasteiger partial charge in [-0.2, -0.15) is 0 Å². The molecule has 0 amide bonds. The Balaban J connectivity index is 1.72. The van der Waals surface area contributed by atoms with Crippen molar-refractivity contribution in [1.82, 2.24) is 4.90 Å². The second kappa shape index (κ2) is 11.1. The Morgan fingerprint density at radius 2 is 1.03 bits per heavy atom. The van der Waals surface area contributed by atoms with Crippen LogP contribution in [0.3, 0.4) is 0 Å². The average Bonchev–Trinajstić information content (AvgIpc) is 2.86. The lowest BCUT2D eigenvalue weighted by Gasteiger charge is -2.32. The van der Waals surface area contributed by atoms with Crippen molar-refractivity contribution in [1.29, 1.82) is 0 Å². The Kier molecular flexibility index (Phi) is 7.50. The smallest absolute Gasteiger partial charge is 0.106 e. The topological polar surface area (TPSA) is 23.5 Å². The van der Waals surface area contributed by atoms with Crippen molar-refractivity contribution < 1.29 is 5.11 Å². The highest BCUT2D eigenvalue weighted by atomic mass is 16.3. The van der Waals surface area contributed by atoms with E-state index in [1.54, 1.807) is 0 Å². The molecule has 0 saturated carbocycles. The van der Waals surface area contributed by atoms with Crippen molar-refractivity contribution in [3.63, 3.8) is 0 Å². The molecule has 0 heterocycles. The second-order valence-electron chi connectivity index (χ2n) is 7.81. The average molecular weight is 418 g/mol. The Bertz CT molecular complexity index is 1090. The van der Waals surface area contributed by atoms with E-state index in [9.17, 15) is 5.11 Å². The van der Waals surface area contributed by atoms with Gasteiger partial charge in [0.1, 0.15) is 12.1 Å². The van der Waals surface area contributed by atoms with Crippen molar-refractivity contribution in [2.45, 2.75) is 25.2 Å². The monoisotopic (exact) mass is 417 g/mol. The molecule has 158 valence electrons. The summed E-state index contributed by atoms with van der Waals surface area (Å²) in [5.74, 6) is 6.70. The normalized spacial score (nSPS) is 12.6. The standard InChI is InChI=1S/C30H27NO/c32-30(28-19-11-4-12-20-28)29(22-21-25-13-5-1-6-14-25)31(23-26-15-7-2-8-16-26)24-27-17-9-3-10-18-27/h1-20,29-30,32H,23-24H2/t29-,30+/m1/s1. The minimum Gasteiger partial charge on any atom is -0.386 e. The van der Waals surface area contributed by atoms with Crippen molar-refractivity contribution in [2.75, 3.05) is 0 Å². The molecule has 4 aromatic carbocycles. The summed E-state index contributed by atoms with van der Waals surface area (Å²) in [7, 11) is 0. The summed E-state index contributed by atoms with van der Waals surface area (Å²) in [5.41, 5.74) is 4.19. The third kappa shape index (κ3) is 5.95. The molecule has 0 spiro atoms. The van der Waals surface area contributed by atoms with E-state index in [1.165, 1.54) is 11.1 Å². The number of rotatable bonds is 7. The maximum absolute atomic E-state index is 11.4. The van der Waals surface area contributed by atoms with E-state index in [1.807, 2.05) is 97.1 Å². The maximum Gasteiger partial charge on any atom is 0.106 e. The van der Waals surface area contributed by atoms with E-state index >= 15 is 0 Å². The van der Waals surface area contributed by atoms with Crippen molar-refractivity contribution >= 4 is 0 Å². The molecule has 0 unspecified atom stereocenters. The van der Waals surface area contributed by atoms with E-state index in [-0.39, 0.29) is 6.04 Å². The number of benzene rings is 4. The highest BCUT2D eigenvalue weighted by Crippen LogP contribution is 2.24. The lowest BCUT2D eigenvalue weighted by atomic mass is 9.99. The van der Waals surface area contributed by atoms with Crippen LogP contribution in [0.5, 0.6) is 0 Å². The van der Waals surface area contributed by atoms with Crippen LogP contribution in [0, 0.1) is 11.8 Å². The van der Waals surface area contributed by atoms with Crippen LogP contribution in [0.1, 0.15) is 28.4 Å². The number of hydrogen-bond acceptors (Lipinski definition) is 2. The third-order valence-corrected chi connectivity index (χ3v) is 5.43. The molecule has 0 radical (unpaired) electrons. The molecule has 0 saturated heterocycles. The molecule has 0 aliphatic rings. The van der Waals surface area contributed by atoms with Crippen LogP contribution in [-0.2, 0) is 13.1 Å². The summed E-state index contributed by atoms with van der Waals surface area (Å²) in [4.78, 5) is 2.26. The molecule has 2 atom stereocenters. The lowest BCUT2D eigenvalue weighted by Crippen LogP contribution is -2.38. The summed E-state index contributed by atoms with van der Waals surface area (Å²) in [6.45, 7) is 1.38. The molecule has 0 bridgehead atoms. The molecule has 4 rings (SSSR count). The summed E-state index contributed by atoms with van der Waals surface area (Å²) < 4.78 is 0. The summed E-state index contributed by atoms with van der Waals surface area (Å²) in [6.07, 6.45) is -0.736. The van der Waals surface area contributed by atoms with Crippen LogP contribution < -0.4 is 0 Å². The SMILES string of the molecule is O[C@@H](c1ccccc1)[C@@H](C#Cc1ccccc1)N(Cc1ccccc1)Cc1ccccc1. The zero-order valence-corrected chi connectivity index (χ0v) is 18.0. The van der Waals surface area contributed by atoms with E-state index in [0.29, 0.717) is 13.1 Å². The predicted molar refractivity (Wildman–Crippen MR) is 131 cm³/mol. The first kappa shape index (κ1) is 21.6. The predicted octanol–water partition coefficient (Wildman–Crippen LogP) is 5.84. The fourth-order valence-corrected chi connectivity index (χ4v) is 3.77. The molecular weight excluding hydrogens is 390 g/mol. The number of hydrogen-bond donors (Lipinski definition) is 1. The van der Waals surface area contributed by atoms with Crippen LogP contribution in [-0.4, -0.2) is 16.0 Å². The third-order valence-electron chi connectivity index (χ3n) is 5.43. The number of aliphatic hydroxyl groups excluding tert-OH is 1. The summed E-state index contributed by atoms with van der Waals surface area (Å²) in [6, 6.07) is 40.1. The largest absolute Gasteiger partial charge is 0.386 e. The van der Waals surface area contributed by atoms with Gasteiger partial charge >= 0.3 is 0 Å². The molecule has 2 nitrogen and oxygen atoms in total. The van der Waals surface area contributed by atoms with Crippen LogP contribution in [0.2, 0.25) is 0 Å². The number of aliphatic hydroxyl groups is 1. The first-order valence-electron chi connectivity index (χ1n) is 10.9. The Morgan fingerprint density at radius 1 is 0.594 bits per heavy atom. The fourth-order valence-electron chi connectivity index (χ4n) is 3.77. The first-order valence-corrected chi connectivity index (χ1v) is 10.9. The maximum atomic E-state index is 11.4. The molecular formula is C30H27NO. The molecule has 0 fully saturated rings. The number of nitrogens with zero attached hydrogens (tertiary/aromatic N) is 1. The molecule has 1 N–H and O–H groups in total. The van der Waals surface area contributed by atoms with Gasteiger partial charge in [0.2, 0.25) is 0 Å². The van der Waals surface area contributed by atoms with E-state index < -0.39 is 6.10 Å². The minimum atomic E-state index is -0.736. The van der Waals surface area contributed by atoms with Crippen molar-refractivity contribution in [3.05, 3.63) is 144 Å². The highest BCUT2D eigenvalue weighted by Gasteiger charge is 2.26. The zero-order chi connectivity index (χ0) is 22.0. The van der Waals surface area contributed by atoms with Gasteiger partial charge in [0, 0.05) is 18.7 Å². The first-order chi connectivity index (χ1) is 15.8. The van der Waals surface area contributed by atoms with Crippen LogP contribution >= 0.6 is 0 Å².